The molecule has 0 bridgehead atoms. The summed E-state index contributed by atoms with van der Waals surface area (Å²) in [5, 5.41) is 15.9. The molecule has 2 saturated carbocycles. The van der Waals surface area contributed by atoms with Crippen LogP contribution in [0.25, 0.3) is 16.9 Å². The van der Waals surface area contributed by atoms with E-state index in [2.05, 4.69) is 20.4 Å². The molecule has 44 heavy (non-hydrogen) atoms. The van der Waals surface area contributed by atoms with Gasteiger partial charge in [0.2, 0.25) is 0 Å². The van der Waals surface area contributed by atoms with E-state index in [0.29, 0.717) is 29.5 Å². The SMILES string of the molecule is C=C1CC[C@@H]2[C@]3(C)COC(c4cn(-c5ccccc5)nc4-c4cccc(Cl)c4)O[C@@H]3CC[C@@]2(C)[C@@H]1C/C=C1/C(=O)OCC1O. The van der Waals surface area contributed by atoms with Crippen LogP contribution in [-0.4, -0.2) is 46.3 Å². The predicted octanol–water partition coefficient (Wildman–Crippen LogP) is 7.23. The first-order valence-corrected chi connectivity index (χ1v) is 16.0. The van der Waals surface area contributed by atoms with Gasteiger partial charge in [0.25, 0.3) is 0 Å². The summed E-state index contributed by atoms with van der Waals surface area (Å²) >= 11 is 6.40. The number of allylic oxidation sites excluding steroid dienone is 2. The normalized spacial score (nSPS) is 34.5. The Morgan fingerprint density at radius 1 is 1.14 bits per heavy atom. The van der Waals surface area contributed by atoms with Gasteiger partial charge in [-0.25, -0.2) is 9.48 Å². The number of carbonyl (C=O) groups is 1. The predicted molar refractivity (Wildman–Crippen MR) is 168 cm³/mol. The van der Waals surface area contributed by atoms with E-state index in [1.165, 1.54) is 5.57 Å². The van der Waals surface area contributed by atoms with E-state index in [1.54, 1.807) is 0 Å². The highest BCUT2D eigenvalue weighted by molar-refractivity contribution is 6.30. The lowest BCUT2D eigenvalue weighted by atomic mass is 9.46. The van der Waals surface area contributed by atoms with Gasteiger partial charge in [0, 0.05) is 22.2 Å². The van der Waals surface area contributed by atoms with Crippen LogP contribution in [0.2, 0.25) is 5.02 Å². The minimum Gasteiger partial charge on any atom is -0.459 e. The Balaban J connectivity index is 1.17. The van der Waals surface area contributed by atoms with E-state index in [1.807, 2.05) is 71.6 Å². The second kappa shape index (κ2) is 11.3. The summed E-state index contributed by atoms with van der Waals surface area (Å²) in [6, 6.07) is 17.8. The summed E-state index contributed by atoms with van der Waals surface area (Å²) in [7, 11) is 0. The summed E-state index contributed by atoms with van der Waals surface area (Å²) in [5.41, 5.74) is 4.92. The zero-order valence-electron chi connectivity index (χ0n) is 25.2. The van der Waals surface area contributed by atoms with Gasteiger partial charge in [0.1, 0.15) is 18.4 Å². The summed E-state index contributed by atoms with van der Waals surface area (Å²) < 4.78 is 20.5. The molecule has 3 heterocycles. The summed E-state index contributed by atoms with van der Waals surface area (Å²) in [4.78, 5) is 12.2. The number of nitrogens with zero attached hydrogens (tertiary/aromatic N) is 2. The fraction of sp³-hybridized carbons (Fsp3) is 0.444. The molecule has 7 rings (SSSR count). The van der Waals surface area contributed by atoms with Crippen molar-refractivity contribution in [1.29, 1.82) is 0 Å². The Labute approximate surface area is 263 Å². The topological polar surface area (TPSA) is 82.8 Å². The molecule has 7 atom stereocenters. The van der Waals surface area contributed by atoms with Gasteiger partial charge in [-0.3, -0.25) is 0 Å². The number of benzene rings is 2. The van der Waals surface area contributed by atoms with Gasteiger partial charge in [-0.1, -0.05) is 74.0 Å². The second-order valence-corrected chi connectivity index (χ2v) is 13.8. The Bertz CT molecular complexity index is 1620. The quantitative estimate of drug-likeness (QED) is 0.185. The molecule has 3 aromatic rings. The number of fused-ring (bicyclic) bond motifs is 3. The number of hydrogen-bond acceptors (Lipinski definition) is 6. The van der Waals surface area contributed by atoms with Crippen LogP contribution < -0.4 is 0 Å². The van der Waals surface area contributed by atoms with Gasteiger partial charge in [-0.2, -0.15) is 5.10 Å². The van der Waals surface area contributed by atoms with E-state index in [4.69, 9.17) is 30.9 Å². The molecule has 2 aromatic carbocycles. The highest BCUT2D eigenvalue weighted by atomic mass is 35.5. The van der Waals surface area contributed by atoms with Gasteiger partial charge in [-0.05, 0) is 73.6 Å². The zero-order chi connectivity index (χ0) is 30.6. The maximum absolute atomic E-state index is 12.2. The highest BCUT2D eigenvalue weighted by Gasteiger charge is 2.60. The third-order valence-electron chi connectivity index (χ3n) is 10.8. The molecule has 1 N–H and O–H groups in total. The minimum absolute atomic E-state index is 0.0172. The molecule has 2 aliphatic heterocycles. The Morgan fingerprint density at radius 2 is 1.95 bits per heavy atom. The lowest BCUT2D eigenvalue weighted by Crippen LogP contribution is -2.60. The first-order valence-electron chi connectivity index (χ1n) is 15.6. The van der Waals surface area contributed by atoms with Crippen molar-refractivity contribution >= 4 is 17.6 Å². The van der Waals surface area contributed by atoms with Crippen molar-refractivity contribution in [1.82, 2.24) is 9.78 Å². The average molecular weight is 615 g/mol. The second-order valence-electron chi connectivity index (χ2n) is 13.4. The largest absolute Gasteiger partial charge is 0.459 e. The van der Waals surface area contributed by atoms with Crippen LogP contribution in [0, 0.1) is 22.7 Å². The molecule has 2 aliphatic carbocycles. The van der Waals surface area contributed by atoms with Crippen molar-refractivity contribution in [2.24, 2.45) is 22.7 Å². The van der Waals surface area contributed by atoms with Crippen LogP contribution >= 0.6 is 11.6 Å². The van der Waals surface area contributed by atoms with E-state index in [9.17, 15) is 9.90 Å². The monoisotopic (exact) mass is 614 g/mol. The number of carbonyl (C=O) groups excluding carboxylic acids is 1. The third kappa shape index (κ3) is 4.94. The lowest BCUT2D eigenvalue weighted by Gasteiger charge is -2.62. The molecule has 1 aromatic heterocycles. The van der Waals surface area contributed by atoms with E-state index in [0.717, 1.165) is 48.2 Å². The molecule has 7 nitrogen and oxygen atoms in total. The van der Waals surface area contributed by atoms with Crippen LogP contribution in [0.1, 0.15) is 57.8 Å². The Hall–Kier alpha value is -3.23. The molecule has 4 fully saturated rings. The number of cyclic esters (lactones) is 1. The Morgan fingerprint density at radius 3 is 2.70 bits per heavy atom. The van der Waals surface area contributed by atoms with Crippen molar-refractivity contribution in [2.45, 2.75) is 64.4 Å². The molecular formula is C36H39ClN2O5. The van der Waals surface area contributed by atoms with Gasteiger partial charge >= 0.3 is 5.97 Å². The number of esters is 1. The number of aromatic nitrogens is 2. The zero-order valence-corrected chi connectivity index (χ0v) is 26.0. The summed E-state index contributed by atoms with van der Waals surface area (Å²) in [6.45, 7) is 9.78. The van der Waals surface area contributed by atoms with Crippen LogP contribution in [0.4, 0.5) is 0 Å². The molecule has 0 spiro atoms. The maximum Gasteiger partial charge on any atom is 0.336 e. The summed E-state index contributed by atoms with van der Waals surface area (Å²) in [6.07, 6.45) is 7.01. The molecule has 0 amide bonds. The van der Waals surface area contributed by atoms with E-state index < -0.39 is 18.4 Å². The van der Waals surface area contributed by atoms with E-state index in [-0.39, 0.29) is 29.5 Å². The van der Waals surface area contributed by atoms with E-state index >= 15 is 0 Å². The van der Waals surface area contributed by atoms with Gasteiger partial charge in [0.05, 0.1) is 29.5 Å². The number of aliphatic hydroxyl groups is 1. The van der Waals surface area contributed by atoms with Gasteiger partial charge in [0.15, 0.2) is 6.29 Å². The van der Waals surface area contributed by atoms with Gasteiger partial charge in [-0.15, -0.1) is 0 Å². The van der Waals surface area contributed by atoms with Gasteiger partial charge < -0.3 is 19.3 Å². The van der Waals surface area contributed by atoms with Crippen LogP contribution in [-0.2, 0) is 19.0 Å². The maximum atomic E-state index is 12.2. The first-order chi connectivity index (χ1) is 21.2. The molecule has 0 radical (unpaired) electrons. The molecule has 8 heteroatoms. The number of rotatable bonds is 5. The van der Waals surface area contributed by atoms with Crippen molar-refractivity contribution in [2.75, 3.05) is 13.2 Å². The third-order valence-corrected chi connectivity index (χ3v) is 11.0. The Kier molecular flexibility index (Phi) is 7.56. The van der Waals surface area contributed by atoms with Crippen LogP contribution in [0.15, 0.2) is 84.6 Å². The number of halogens is 1. The summed E-state index contributed by atoms with van der Waals surface area (Å²) in [5.74, 6) is 0.135. The fourth-order valence-corrected chi connectivity index (χ4v) is 8.68. The lowest BCUT2D eigenvalue weighted by molar-refractivity contribution is -0.307. The van der Waals surface area contributed by atoms with Crippen LogP contribution in [0.3, 0.4) is 0 Å². The molecular weight excluding hydrogens is 576 g/mol. The molecule has 2 saturated heterocycles. The number of para-hydroxylation sites is 1. The highest BCUT2D eigenvalue weighted by Crippen LogP contribution is 2.64. The number of ether oxygens (including phenoxy) is 3. The first kappa shape index (κ1) is 29.5. The molecule has 230 valence electrons. The fourth-order valence-electron chi connectivity index (χ4n) is 8.49. The molecule has 4 aliphatic rings. The molecule has 2 unspecified atom stereocenters. The van der Waals surface area contributed by atoms with Crippen molar-refractivity contribution in [3.63, 3.8) is 0 Å². The number of aliphatic hydroxyl groups excluding tert-OH is 1. The number of hydrogen-bond donors (Lipinski definition) is 1. The minimum atomic E-state index is -0.851. The smallest absolute Gasteiger partial charge is 0.336 e. The standard InChI is InChI=1S/C36H39ClN2O5/c1-22-12-15-30-35(2,28(22)14-13-26-29(40)20-42-33(26)41)17-16-31-36(30,3)21-43-34(44-31)27-19-39(25-10-5-4-6-11-25)38-32(27)23-8-7-9-24(37)18-23/h4-11,13,18-19,28-31,34,40H,1,12,14-17,20-21H2,2-3H3/b26-13+/t28-,29?,30+,31-,34?,35+,36+/m1/s1. The van der Waals surface area contributed by atoms with Crippen molar-refractivity contribution in [3.05, 3.63) is 95.2 Å². The van der Waals surface area contributed by atoms with Crippen molar-refractivity contribution in [3.8, 4) is 16.9 Å². The van der Waals surface area contributed by atoms with Crippen molar-refractivity contribution < 1.29 is 24.1 Å². The van der Waals surface area contributed by atoms with Crippen LogP contribution in [0.5, 0.6) is 0 Å². The average Bonchev–Trinajstić information content (AvgIpc) is 3.60.